The molecule has 0 aromatic heterocycles. The molecule has 7 heteroatoms. The minimum absolute atomic E-state index is 0.0308. The molecule has 0 aliphatic heterocycles. The van der Waals surface area contributed by atoms with Gasteiger partial charge in [-0.3, -0.25) is 0 Å². The molecular formula is C13H13NO4S2. The molecule has 0 aliphatic carbocycles. The predicted molar refractivity (Wildman–Crippen MR) is 75.3 cm³/mol. The van der Waals surface area contributed by atoms with Crippen LogP contribution in [0.1, 0.15) is 0 Å². The molecule has 106 valence electrons. The summed E-state index contributed by atoms with van der Waals surface area (Å²) >= 11 is 0. The summed E-state index contributed by atoms with van der Waals surface area (Å²) in [5, 5.41) is 0. The molecule has 0 fully saturated rings. The summed E-state index contributed by atoms with van der Waals surface area (Å²) in [6, 6.07) is 15.3. The fourth-order valence-electron chi connectivity index (χ4n) is 1.55. The van der Waals surface area contributed by atoms with E-state index in [0.717, 1.165) is 0 Å². The molecule has 0 aliphatic rings. The molecule has 0 heterocycles. The van der Waals surface area contributed by atoms with Crippen LogP contribution >= 0.6 is 0 Å². The first-order valence-electron chi connectivity index (χ1n) is 5.74. The van der Waals surface area contributed by atoms with E-state index in [-0.39, 0.29) is 9.79 Å². The summed E-state index contributed by atoms with van der Waals surface area (Å²) < 4.78 is 49.9. The van der Waals surface area contributed by atoms with Crippen molar-refractivity contribution in [2.75, 3.05) is 5.88 Å². The first-order valence-corrected chi connectivity index (χ1v) is 8.88. The van der Waals surface area contributed by atoms with Crippen LogP contribution in [0.15, 0.2) is 70.5 Å². The summed E-state index contributed by atoms with van der Waals surface area (Å²) in [5.74, 6) is -0.672. The Bertz CT molecular complexity index is 700. The monoisotopic (exact) mass is 311 g/mol. The van der Waals surface area contributed by atoms with Crippen LogP contribution in [0.25, 0.3) is 0 Å². The Hall–Kier alpha value is -1.70. The SMILES string of the molecule is O=S(=O)(CNS(=O)(=O)c1ccccc1)c1ccccc1. The van der Waals surface area contributed by atoms with Crippen LogP contribution in [0.3, 0.4) is 0 Å². The second-order valence-corrected chi connectivity index (χ2v) is 7.79. The first-order chi connectivity index (χ1) is 9.42. The number of sulfone groups is 1. The third-order valence-corrected chi connectivity index (χ3v) is 5.71. The van der Waals surface area contributed by atoms with E-state index in [1.165, 1.54) is 24.3 Å². The van der Waals surface area contributed by atoms with Crippen LogP contribution < -0.4 is 4.72 Å². The van der Waals surface area contributed by atoms with Crippen LogP contribution in [0.2, 0.25) is 0 Å². The van der Waals surface area contributed by atoms with Crippen LogP contribution in [-0.4, -0.2) is 22.7 Å². The van der Waals surface area contributed by atoms with Gasteiger partial charge in [-0.15, -0.1) is 0 Å². The lowest BCUT2D eigenvalue weighted by atomic mass is 10.4. The number of sulfonamides is 1. The lowest BCUT2D eigenvalue weighted by Gasteiger charge is -2.07. The van der Waals surface area contributed by atoms with Gasteiger partial charge in [0.05, 0.1) is 9.79 Å². The molecule has 2 aromatic rings. The van der Waals surface area contributed by atoms with Crippen molar-refractivity contribution < 1.29 is 16.8 Å². The van der Waals surface area contributed by atoms with E-state index < -0.39 is 25.7 Å². The summed E-state index contributed by atoms with van der Waals surface area (Å²) in [5.41, 5.74) is 0. The fourth-order valence-corrected chi connectivity index (χ4v) is 4.21. The zero-order chi connectivity index (χ0) is 14.6. The number of hydrogen-bond donors (Lipinski definition) is 1. The summed E-state index contributed by atoms with van der Waals surface area (Å²) in [6.07, 6.45) is 0. The maximum atomic E-state index is 12.0. The zero-order valence-electron chi connectivity index (χ0n) is 10.4. The van der Waals surface area contributed by atoms with E-state index in [1.54, 1.807) is 36.4 Å². The lowest BCUT2D eigenvalue weighted by molar-refractivity contribution is 0.576. The molecule has 2 aromatic carbocycles. The first kappa shape index (κ1) is 14.7. The quantitative estimate of drug-likeness (QED) is 0.905. The van der Waals surface area contributed by atoms with Gasteiger partial charge in [-0.1, -0.05) is 36.4 Å². The Balaban J connectivity index is 2.17. The topological polar surface area (TPSA) is 80.3 Å². The predicted octanol–water partition coefficient (Wildman–Crippen LogP) is 1.40. The molecule has 0 amide bonds. The van der Waals surface area contributed by atoms with Crippen LogP contribution in [-0.2, 0) is 19.9 Å². The van der Waals surface area contributed by atoms with Gasteiger partial charge in [0.25, 0.3) is 0 Å². The van der Waals surface area contributed by atoms with Crippen molar-refractivity contribution in [1.29, 1.82) is 0 Å². The molecule has 0 bridgehead atoms. The van der Waals surface area contributed by atoms with Gasteiger partial charge in [0.15, 0.2) is 9.84 Å². The Morgan fingerprint density at radius 1 is 0.700 bits per heavy atom. The highest BCUT2D eigenvalue weighted by atomic mass is 32.2. The average molecular weight is 311 g/mol. The Labute approximate surface area is 118 Å². The fraction of sp³-hybridized carbons (Fsp3) is 0.0769. The Kier molecular flexibility index (Phi) is 4.22. The van der Waals surface area contributed by atoms with Crippen LogP contribution in [0, 0.1) is 0 Å². The number of nitrogens with one attached hydrogen (secondary N) is 1. The maximum absolute atomic E-state index is 12.0. The minimum Gasteiger partial charge on any atom is -0.222 e. The van der Waals surface area contributed by atoms with Gasteiger partial charge in [-0.05, 0) is 24.3 Å². The van der Waals surface area contributed by atoms with Gasteiger partial charge in [0.2, 0.25) is 10.0 Å². The molecule has 0 unspecified atom stereocenters. The smallest absolute Gasteiger partial charge is 0.222 e. The number of benzene rings is 2. The molecule has 0 radical (unpaired) electrons. The molecular weight excluding hydrogens is 298 g/mol. The summed E-state index contributed by atoms with van der Waals surface area (Å²) in [4.78, 5) is 0.110. The molecule has 0 saturated heterocycles. The third-order valence-electron chi connectivity index (χ3n) is 2.59. The highest BCUT2D eigenvalue weighted by Crippen LogP contribution is 2.11. The normalized spacial score (nSPS) is 12.2. The van der Waals surface area contributed by atoms with Crippen molar-refractivity contribution in [3.05, 3.63) is 60.7 Å². The average Bonchev–Trinajstić information content (AvgIpc) is 2.47. The maximum Gasteiger partial charge on any atom is 0.241 e. The molecule has 20 heavy (non-hydrogen) atoms. The van der Waals surface area contributed by atoms with E-state index in [1.807, 2.05) is 0 Å². The van der Waals surface area contributed by atoms with Crippen molar-refractivity contribution >= 4 is 19.9 Å². The second kappa shape index (κ2) is 5.74. The van der Waals surface area contributed by atoms with Gasteiger partial charge >= 0.3 is 0 Å². The number of rotatable bonds is 5. The Morgan fingerprint density at radius 2 is 1.15 bits per heavy atom. The van der Waals surface area contributed by atoms with E-state index in [0.29, 0.717) is 0 Å². The minimum atomic E-state index is -3.83. The van der Waals surface area contributed by atoms with Gasteiger partial charge in [0.1, 0.15) is 5.88 Å². The number of hydrogen-bond acceptors (Lipinski definition) is 4. The highest BCUT2D eigenvalue weighted by molar-refractivity contribution is 7.94. The standard InChI is InChI=1S/C13H13NO4S2/c15-19(16,12-7-3-1-4-8-12)11-14-20(17,18)13-9-5-2-6-10-13/h1-10,14H,11H2. The lowest BCUT2D eigenvalue weighted by Crippen LogP contribution is -2.29. The molecule has 2 rings (SSSR count). The zero-order valence-corrected chi connectivity index (χ0v) is 12.1. The molecule has 0 atom stereocenters. The van der Waals surface area contributed by atoms with Gasteiger partial charge < -0.3 is 0 Å². The van der Waals surface area contributed by atoms with E-state index in [9.17, 15) is 16.8 Å². The van der Waals surface area contributed by atoms with Crippen molar-refractivity contribution in [3.63, 3.8) is 0 Å². The van der Waals surface area contributed by atoms with Gasteiger partial charge in [-0.2, -0.15) is 4.72 Å². The molecule has 5 nitrogen and oxygen atoms in total. The second-order valence-electron chi connectivity index (χ2n) is 4.03. The summed E-state index contributed by atoms with van der Waals surface area (Å²) in [6.45, 7) is 0. The van der Waals surface area contributed by atoms with Crippen molar-refractivity contribution in [3.8, 4) is 0 Å². The van der Waals surface area contributed by atoms with E-state index >= 15 is 0 Å². The van der Waals surface area contributed by atoms with Crippen molar-refractivity contribution in [2.24, 2.45) is 0 Å². The van der Waals surface area contributed by atoms with Crippen molar-refractivity contribution in [1.82, 2.24) is 4.72 Å². The molecule has 1 N–H and O–H groups in total. The van der Waals surface area contributed by atoms with E-state index in [2.05, 4.69) is 4.72 Å². The molecule has 0 spiro atoms. The largest absolute Gasteiger partial charge is 0.241 e. The van der Waals surface area contributed by atoms with E-state index in [4.69, 9.17) is 0 Å². The Morgan fingerprint density at radius 3 is 1.65 bits per heavy atom. The van der Waals surface area contributed by atoms with Crippen LogP contribution in [0.5, 0.6) is 0 Å². The molecule has 0 saturated carbocycles. The van der Waals surface area contributed by atoms with Crippen molar-refractivity contribution in [2.45, 2.75) is 9.79 Å². The third kappa shape index (κ3) is 3.44. The van der Waals surface area contributed by atoms with Gasteiger partial charge in [0, 0.05) is 0 Å². The summed E-state index contributed by atoms with van der Waals surface area (Å²) in [7, 11) is -7.52. The van der Waals surface area contributed by atoms with Gasteiger partial charge in [-0.25, -0.2) is 16.8 Å². The highest BCUT2D eigenvalue weighted by Gasteiger charge is 2.19. The van der Waals surface area contributed by atoms with Crippen LogP contribution in [0.4, 0.5) is 0 Å².